The molecule has 0 unspecified atom stereocenters. The Hall–Kier alpha value is -5.52. The number of aliphatic imine (C=N–C) groups is 1. The average Bonchev–Trinajstić information content (AvgIpc) is 3.83. The molecular formula is C34H34N12. The summed E-state index contributed by atoms with van der Waals surface area (Å²) < 4.78 is 0. The highest BCUT2D eigenvalue weighted by atomic mass is 15.4. The van der Waals surface area contributed by atoms with Crippen molar-refractivity contribution in [3.63, 3.8) is 0 Å². The van der Waals surface area contributed by atoms with E-state index < -0.39 is 0 Å². The van der Waals surface area contributed by atoms with E-state index in [1.165, 1.54) is 0 Å². The molecular weight excluding hydrogens is 576 g/mol. The van der Waals surface area contributed by atoms with Gasteiger partial charge in [-0.15, -0.1) is 0 Å². The first-order chi connectivity index (χ1) is 22.2. The number of anilines is 2. The lowest BCUT2D eigenvalue weighted by atomic mass is 10.1. The van der Waals surface area contributed by atoms with E-state index in [1.807, 2.05) is 17.0 Å². The molecule has 0 atom stereocenters. The van der Waals surface area contributed by atoms with Crippen LogP contribution in [-0.4, -0.2) is 55.7 Å². The zero-order chi connectivity index (χ0) is 31.4. The maximum atomic E-state index is 5.13. The fourth-order valence-corrected chi connectivity index (χ4v) is 6.25. The summed E-state index contributed by atoms with van der Waals surface area (Å²) in [4.78, 5) is 49.2. The van der Waals surface area contributed by atoms with Gasteiger partial charge in [-0.25, -0.2) is 34.8 Å². The monoisotopic (exact) mass is 610 g/mol. The fraction of sp³-hybridized carbons (Fsp3) is 0.294. The number of hydrogen-bond donors (Lipinski definition) is 5. The van der Waals surface area contributed by atoms with Crippen molar-refractivity contribution >= 4 is 78.6 Å². The molecule has 5 aromatic heterocycles. The summed E-state index contributed by atoms with van der Waals surface area (Å²) in [6.07, 6.45) is 0.607. The van der Waals surface area contributed by atoms with E-state index in [0.717, 1.165) is 89.7 Å². The number of H-pyrrole nitrogens is 5. The first-order valence-electron chi connectivity index (χ1n) is 15.9. The molecule has 12 heteroatoms. The van der Waals surface area contributed by atoms with Crippen LogP contribution in [0.15, 0.2) is 41.4 Å². The van der Waals surface area contributed by atoms with Crippen molar-refractivity contribution in [3.05, 3.63) is 59.4 Å². The number of nitrogens with one attached hydrogen (secondary N) is 5. The smallest absolute Gasteiger partial charge is 0.216 e. The van der Waals surface area contributed by atoms with Crippen LogP contribution in [0.3, 0.4) is 0 Å². The summed E-state index contributed by atoms with van der Waals surface area (Å²) >= 11 is 0. The second-order valence-electron chi connectivity index (χ2n) is 13.3. The zero-order valence-electron chi connectivity index (χ0n) is 26.5. The second kappa shape index (κ2) is 9.49. The highest BCUT2D eigenvalue weighted by Crippen LogP contribution is 2.36. The Morgan fingerprint density at radius 1 is 0.500 bits per heavy atom. The van der Waals surface area contributed by atoms with E-state index in [0.29, 0.717) is 36.1 Å². The van der Waals surface area contributed by atoms with Gasteiger partial charge in [0.25, 0.3) is 0 Å². The van der Waals surface area contributed by atoms with Crippen LogP contribution < -0.4 is 4.90 Å². The minimum Gasteiger partial charge on any atom is -0.342 e. The van der Waals surface area contributed by atoms with E-state index in [-0.39, 0.29) is 0 Å². The van der Waals surface area contributed by atoms with Crippen LogP contribution in [0.2, 0.25) is 0 Å². The summed E-state index contributed by atoms with van der Waals surface area (Å²) in [5.74, 6) is 5.87. The van der Waals surface area contributed by atoms with E-state index in [2.05, 4.69) is 90.7 Å². The summed E-state index contributed by atoms with van der Waals surface area (Å²) in [5.41, 5.74) is 11.1. The molecule has 230 valence electrons. The van der Waals surface area contributed by atoms with Gasteiger partial charge in [0.05, 0.1) is 60.9 Å². The largest absolute Gasteiger partial charge is 0.342 e. The van der Waals surface area contributed by atoms with Gasteiger partial charge in [0.2, 0.25) is 11.9 Å². The molecule has 6 heterocycles. The van der Waals surface area contributed by atoms with Crippen LogP contribution in [0, 0.1) is 0 Å². The Bertz CT molecular complexity index is 2290. The normalized spacial score (nSPS) is 13.6. The van der Waals surface area contributed by atoms with Crippen molar-refractivity contribution < 1.29 is 0 Å². The topological polar surface area (TPSA) is 159 Å². The van der Waals surface area contributed by atoms with Gasteiger partial charge < -0.3 is 24.9 Å². The van der Waals surface area contributed by atoms with Crippen molar-refractivity contribution in [2.75, 3.05) is 4.90 Å². The van der Waals surface area contributed by atoms with Crippen molar-refractivity contribution in [1.29, 1.82) is 0 Å². The van der Waals surface area contributed by atoms with Gasteiger partial charge in [-0.05, 0) is 42.0 Å². The molecule has 1 aliphatic rings. The molecule has 0 aliphatic carbocycles. The average molecular weight is 611 g/mol. The Labute approximate surface area is 263 Å². The van der Waals surface area contributed by atoms with Gasteiger partial charge in [-0.3, -0.25) is 0 Å². The lowest BCUT2D eigenvalue weighted by Gasteiger charge is -2.18. The van der Waals surface area contributed by atoms with Gasteiger partial charge in [-0.1, -0.05) is 41.5 Å². The zero-order valence-corrected chi connectivity index (χ0v) is 26.5. The Kier molecular flexibility index (Phi) is 5.54. The molecule has 0 spiro atoms. The fourth-order valence-electron chi connectivity index (χ4n) is 6.25. The number of amidine groups is 1. The second-order valence-corrected chi connectivity index (χ2v) is 13.3. The molecule has 0 bridgehead atoms. The predicted molar refractivity (Wildman–Crippen MR) is 183 cm³/mol. The number of aromatic nitrogens is 10. The van der Waals surface area contributed by atoms with Crippen LogP contribution >= 0.6 is 0 Å². The van der Waals surface area contributed by atoms with Crippen molar-refractivity contribution in [2.24, 2.45) is 4.99 Å². The van der Waals surface area contributed by atoms with Crippen LogP contribution in [0.1, 0.15) is 82.3 Å². The summed E-state index contributed by atoms with van der Waals surface area (Å²) in [5, 5.41) is 0. The van der Waals surface area contributed by atoms with Crippen molar-refractivity contribution in [3.8, 4) is 0 Å². The first-order valence-corrected chi connectivity index (χ1v) is 15.9. The molecule has 0 saturated heterocycles. The van der Waals surface area contributed by atoms with Gasteiger partial charge in [-0.2, -0.15) is 0 Å². The van der Waals surface area contributed by atoms with Gasteiger partial charge in [0, 0.05) is 24.2 Å². The Balaban J connectivity index is 1.18. The lowest BCUT2D eigenvalue weighted by Crippen LogP contribution is -2.28. The number of hydrogen-bond acceptors (Lipinski definition) is 7. The quantitative estimate of drug-likeness (QED) is 0.133. The molecule has 12 nitrogen and oxygen atoms in total. The lowest BCUT2D eigenvalue weighted by molar-refractivity contribution is 0.799. The minimum atomic E-state index is 0.304. The molecule has 8 aromatic rings. The first kappa shape index (κ1) is 26.8. The van der Waals surface area contributed by atoms with Gasteiger partial charge >= 0.3 is 0 Å². The molecule has 0 saturated carbocycles. The highest BCUT2D eigenvalue weighted by molar-refractivity contribution is 6.09. The maximum Gasteiger partial charge on any atom is 0.216 e. The molecule has 1 aliphatic heterocycles. The predicted octanol–water partition coefficient (Wildman–Crippen LogP) is 7.86. The van der Waals surface area contributed by atoms with E-state index in [1.54, 1.807) is 0 Å². The van der Waals surface area contributed by atoms with Crippen LogP contribution in [-0.2, 0) is 6.42 Å². The molecule has 46 heavy (non-hydrogen) atoms. The number of fused-ring (bicyclic) bond motifs is 6. The Morgan fingerprint density at radius 2 is 0.913 bits per heavy atom. The molecule has 0 radical (unpaired) electrons. The molecule has 3 aromatic carbocycles. The maximum absolute atomic E-state index is 5.13. The van der Waals surface area contributed by atoms with Crippen molar-refractivity contribution in [1.82, 2.24) is 49.8 Å². The summed E-state index contributed by atoms with van der Waals surface area (Å²) in [6.45, 7) is 12.8. The number of imidazole rings is 5. The standard InChI is InChI=1S/C34H34N12/c1-14(2)30-36-19-7-17-8-29(35-18(17)9-20(19)37-30)46(33-42-25-10-21-22(11-26(25)43-33)39-31(38-21)15(3)4)34-44-27-12-23-24(13-28(27)45-34)41-32(40-23)16(5)6/h7,9-16H,8H2,1-6H3,(H,36,37)(H,38,39)(H,40,41)(H,42,43)(H,44,45). The third-order valence-corrected chi connectivity index (χ3v) is 8.80. The highest BCUT2D eigenvalue weighted by Gasteiger charge is 2.29. The number of nitrogens with zero attached hydrogens (tertiary/aromatic N) is 7. The summed E-state index contributed by atoms with van der Waals surface area (Å²) in [6, 6.07) is 12.4. The van der Waals surface area contributed by atoms with Crippen molar-refractivity contribution in [2.45, 2.75) is 65.7 Å². The SMILES string of the molecule is CC(C)c1nc2cc3c(cc2[nH]1)CC(N(c1nc2cc4nc(C(C)C)[nH]c4cc2[nH]1)c1nc2cc4nc(C(C)C)[nH]c4cc2[nH]1)=N3. The van der Waals surface area contributed by atoms with Crippen LogP contribution in [0.4, 0.5) is 17.6 Å². The van der Waals surface area contributed by atoms with Crippen LogP contribution in [0.25, 0.3) is 55.2 Å². The number of aromatic amines is 5. The molecule has 0 fully saturated rings. The Morgan fingerprint density at radius 3 is 1.39 bits per heavy atom. The summed E-state index contributed by atoms with van der Waals surface area (Å²) in [7, 11) is 0. The van der Waals surface area contributed by atoms with E-state index >= 15 is 0 Å². The van der Waals surface area contributed by atoms with E-state index in [4.69, 9.17) is 29.9 Å². The number of benzene rings is 3. The third-order valence-electron chi connectivity index (χ3n) is 8.80. The van der Waals surface area contributed by atoms with E-state index in [9.17, 15) is 0 Å². The third kappa shape index (κ3) is 4.12. The van der Waals surface area contributed by atoms with Gasteiger partial charge in [0.15, 0.2) is 0 Å². The molecule has 5 N–H and O–H groups in total. The van der Waals surface area contributed by atoms with Gasteiger partial charge in [0.1, 0.15) is 23.3 Å². The number of rotatable bonds is 5. The molecule has 0 amide bonds. The minimum absolute atomic E-state index is 0.304. The molecule has 9 rings (SSSR count). The van der Waals surface area contributed by atoms with Crippen LogP contribution in [0.5, 0.6) is 0 Å².